The van der Waals surface area contributed by atoms with E-state index in [2.05, 4.69) is 20.7 Å². The Labute approximate surface area is 196 Å². The monoisotopic (exact) mass is 491 g/mol. The summed E-state index contributed by atoms with van der Waals surface area (Å²) in [6.07, 6.45) is 4.53. The number of urea groups is 1. The highest BCUT2D eigenvalue weighted by Gasteiger charge is 2.27. The molecular formula is C22H23ClFN5O3S. The largest absolute Gasteiger partial charge is 0.332 e. The zero-order valence-corrected chi connectivity index (χ0v) is 19.5. The number of aryl methyl sites for hydroxylation is 1. The summed E-state index contributed by atoms with van der Waals surface area (Å²) in [7, 11) is -3.23. The molecule has 0 saturated heterocycles. The fraction of sp³-hybridized carbons (Fsp3) is 0.318. The van der Waals surface area contributed by atoms with E-state index in [4.69, 9.17) is 11.6 Å². The molecule has 2 N–H and O–H groups in total. The number of halogens is 2. The molecule has 0 unspecified atom stereocenters. The van der Waals surface area contributed by atoms with Crippen molar-refractivity contribution in [1.29, 1.82) is 0 Å². The smallest absolute Gasteiger partial charge is 0.319 e. The van der Waals surface area contributed by atoms with Crippen molar-refractivity contribution in [3.63, 3.8) is 0 Å². The molecule has 33 heavy (non-hydrogen) atoms. The Morgan fingerprint density at radius 2 is 2.06 bits per heavy atom. The number of nitrogens with one attached hydrogen (secondary N) is 2. The Morgan fingerprint density at radius 3 is 2.73 bits per heavy atom. The van der Waals surface area contributed by atoms with Gasteiger partial charge < -0.3 is 10.6 Å². The molecule has 2 aromatic heterocycles. The third-order valence-electron chi connectivity index (χ3n) is 5.17. The SMILES string of the molecule is CS(=O)(=O)CCc1ncc(NC(=O)NCc2cc(C3CC3)nn2-c2cccc(Cl)c2)cc1F. The maximum absolute atomic E-state index is 14.2. The molecule has 174 valence electrons. The Bertz CT molecular complexity index is 1290. The van der Waals surface area contributed by atoms with E-state index in [-0.39, 0.29) is 30.1 Å². The van der Waals surface area contributed by atoms with Crippen molar-refractivity contribution in [2.24, 2.45) is 0 Å². The number of rotatable bonds is 8. The van der Waals surface area contributed by atoms with Crippen LogP contribution in [-0.4, -0.2) is 41.2 Å². The van der Waals surface area contributed by atoms with E-state index in [1.54, 1.807) is 16.8 Å². The minimum atomic E-state index is -3.23. The van der Waals surface area contributed by atoms with Crippen molar-refractivity contribution < 1.29 is 17.6 Å². The number of carbonyl (C=O) groups excluding carboxylic acids is 1. The molecule has 0 bridgehead atoms. The Hall–Kier alpha value is -2.98. The number of pyridine rings is 1. The summed E-state index contributed by atoms with van der Waals surface area (Å²) in [6.45, 7) is 0.195. The van der Waals surface area contributed by atoms with E-state index >= 15 is 0 Å². The number of anilines is 1. The lowest BCUT2D eigenvalue weighted by Crippen LogP contribution is -2.29. The van der Waals surface area contributed by atoms with Gasteiger partial charge in [0, 0.05) is 29.7 Å². The van der Waals surface area contributed by atoms with Crippen LogP contribution in [0.1, 0.15) is 35.8 Å². The molecule has 1 fully saturated rings. The molecule has 11 heteroatoms. The topological polar surface area (TPSA) is 106 Å². The summed E-state index contributed by atoms with van der Waals surface area (Å²) in [5, 5.41) is 10.6. The first-order valence-electron chi connectivity index (χ1n) is 10.4. The number of amides is 2. The van der Waals surface area contributed by atoms with Gasteiger partial charge >= 0.3 is 6.03 Å². The molecule has 0 atom stereocenters. The van der Waals surface area contributed by atoms with Gasteiger partial charge in [-0.1, -0.05) is 17.7 Å². The zero-order valence-electron chi connectivity index (χ0n) is 17.9. The van der Waals surface area contributed by atoms with Crippen molar-refractivity contribution in [2.45, 2.75) is 31.7 Å². The molecule has 0 radical (unpaired) electrons. The fourth-order valence-corrected chi connectivity index (χ4v) is 4.07. The van der Waals surface area contributed by atoms with Crippen molar-refractivity contribution in [3.05, 3.63) is 70.5 Å². The first kappa shape index (κ1) is 23.2. The van der Waals surface area contributed by atoms with Gasteiger partial charge in [-0.15, -0.1) is 0 Å². The van der Waals surface area contributed by atoms with Crippen LogP contribution < -0.4 is 10.6 Å². The zero-order chi connectivity index (χ0) is 23.6. The van der Waals surface area contributed by atoms with Gasteiger partial charge in [-0.2, -0.15) is 5.10 Å². The molecule has 0 aliphatic heterocycles. The van der Waals surface area contributed by atoms with E-state index in [0.717, 1.165) is 42.2 Å². The van der Waals surface area contributed by atoms with Crippen molar-refractivity contribution in [1.82, 2.24) is 20.1 Å². The quantitative estimate of drug-likeness (QED) is 0.498. The van der Waals surface area contributed by atoms with E-state index in [9.17, 15) is 17.6 Å². The Kier molecular flexibility index (Phi) is 6.66. The first-order chi connectivity index (χ1) is 15.7. The van der Waals surface area contributed by atoms with Crippen molar-refractivity contribution >= 4 is 33.2 Å². The number of sulfone groups is 1. The number of benzene rings is 1. The van der Waals surface area contributed by atoms with Gasteiger partial charge in [0.05, 0.1) is 47.0 Å². The number of hydrogen-bond donors (Lipinski definition) is 2. The Balaban J connectivity index is 1.41. The summed E-state index contributed by atoms with van der Waals surface area (Å²) in [6, 6.07) is 9.85. The number of hydrogen-bond acceptors (Lipinski definition) is 5. The van der Waals surface area contributed by atoms with Gasteiger partial charge in [-0.25, -0.2) is 22.3 Å². The summed E-state index contributed by atoms with van der Waals surface area (Å²) in [5.74, 6) is -0.439. The molecule has 1 aliphatic carbocycles. The average molecular weight is 492 g/mol. The summed E-state index contributed by atoms with van der Waals surface area (Å²) in [4.78, 5) is 16.3. The normalized spacial score (nSPS) is 13.7. The molecule has 3 aromatic rings. The molecule has 2 amide bonds. The van der Waals surface area contributed by atoms with E-state index in [1.165, 1.54) is 6.20 Å². The molecule has 4 rings (SSSR count). The molecular weight excluding hydrogens is 469 g/mol. The van der Waals surface area contributed by atoms with Crippen LogP contribution in [0.15, 0.2) is 42.6 Å². The van der Waals surface area contributed by atoms with Crippen LogP contribution in [0.5, 0.6) is 0 Å². The Morgan fingerprint density at radius 1 is 1.27 bits per heavy atom. The summed E-state index contributed by atoms with van der Waals surface area (Å²) >= 11 is 6.13. The highest BCUT2D eigenvalue weighted by molar-refractivity contribution is 7.90. The average Bonchev–Trinajstić information content (AvgIpc) is 3.50. The second kappa shape index (κ2) is 9.48. The van der Waals surface area contributed by atoms with Gasteiger partial charge in [-0.3, -0.25) is 4.98 Å². The minimum absolute atomic E-state index is 0.0319. The van der Waals surface area contributed by atoms with Crippen LogP contribution in [0.25, 0.3) is 5.69 Å². The lowest BCUT2D eigenvalue weighted by molar-refractivity contribution is 0.251. The molecule has 1 aliphatic rings. The standard InChI is InChI=1S/C22H23ClFN5O3S/c1-33(31,32)8-7-20-19(24)10-16(12-25-20)27-22(30)26-13-18-11-21(14-5-6-14)28-29(18)17-4-2-3-15(23)9-17/h2-4,9-12,14H,5-8,13H2,1H3,(H2,26,27,30). The molecule has 0 spiro atoms. The minimum Gasteiger partial charge on any atom is -0.332 e. The van der Waals surface area contributed by atoms with Gasteiger partial charge in [0.1, 0.15) is 15.7 Å². The van der Waals surface area contributed by atoms with E-state index in [0.29, 0.717) is 10.9 Å². The lowest BCUT2D eigenvalue weighted by Gasteiger charge is -2.11. The van der Waals surface area contributed by atoms with Crippen LogP contribution in [0.4, 0.5) is 14.9 Å². The second-order valence-corrected chi connectivity index (χ2v) is 10.8. The van der Waals surface area contributed by atoms with Gasteiger partial charge in [0.25, 0.3) is 0 Å². The van der Waals surface area contributed by atoms with Crippen LogP contribution >= 0.6 is 11.6 Å². The van der Waals surface area contributed by atoms with Crippen LogP contribution in [-0.2, 0) is 22.8 Å². The summed E-state index contributed by atoms with van der Waals surface area (Å²) < 4.78 is 38.5. The first-order valence-corrected chi connectivity index (χ1v) is 12.8. The predicted molar refractivity (Wildman–Crippen MR) is 124 cm³/mol. The van der Waals surface area contributed by atoms with Gasteiger partial charge in [-0.05, 0) is 37.1 Å². The van der Waals surface area contributed by atoms with Gasteiger partial charge in [0.2, 0.25) is 0 Å². The fourth-order valence-electron chi connectivity index (χ4n) is 3.32. The summed E-state index contributed by atoms with van der Waals surface area (Å²) in [5.41, 5.74) is 2.75. The van der Waals surface area contributed by atoms with Crippen molar-refractivity contribution in [2.75, 3.05) is 17.3 Å². The highest BCUT2D eigenvalue weighted by atomic mass is 35.5. The molecule has 1 aromatic carbocycles. The molecule has 1 saturated carbocycles. The second-order valence-electron chi connectivity index (χ2n) is 8.07. The number of nitrogens with zero attached hydrogens (tertiary/aromatic N) is 3. The third-order valence-corrected chi connectivity index (χ3v) is 6.35. The van der Waals surface area contributed by atoms with E-state index < -0.39 is 21.7 Å². The van der Waals surface area contributed by atoms with Crippen LogP contribution in [0.3, 0.4) is 0 Å². The lowest BCUT2D eigenvalue weighted by atomic mass is 10.2. The maximum atomic E-state index is 14.2. The van der Waals surface area contributed by atoms with Crippen molar-refractivity contribution in [3.8, 4) is 5.69 Å². The highest BCUT2D eigenvalue weighted by Crippen LogP contribution is 2.39. The molecule has 2 heterocycles. The third kappa shape index (κ3) is 6.29. The number of carbonyl (C=O) groups is 1. The predicted octanol–water partition coefficient (Wildman–Crippen LogP) is 3.85. The molecule has 8 nitrogen and oxygen atoms in total. The van der Waals surface area contributed by atoms with Crippen LogP contribution in [0.2, 0.25) is 5.02 Å². The maximum Gasteiger partial charge on any atom is 0.319 e. The van der Waals surface area contributed by atoms with Crippen LogP contribution in [0, 0.1) is 5.82 Å². The number of aromatic nitrogens is 3. The van der Waals surface area contributed by atoms with E-state index in [1.807, 2.05) is 18.2 Å². The van der Waals surface area contributed by atoms with Gasteiger partial charge in [0.15, 0.2) is 0 Å².